The number of fused-ring (bicyclic) bond motifs is 7. The summed E-state index contributed by atoms with van der Waals surface area (Å²) in [7, 11) is 0. The molecule has 8 rings (SSSR count). The van der Waals surface area contributed by atoms with E-state index in [1.807, 2.05) is 0 Å². The molecule has 6 nitrogen and oxygen atoms in total. The Labute approximate surface area is 317 Å². The van der Waals surface area contributed by atoms with E-state index in [0.717, 1.165) is 18.2 Å². The number of nitrogens with zero attached hydrogens (tertiary/aromatic N) is 2. The van der Waals surface area contributed by atoms with Gasteiger partial charge in [0, 0.05) is 33.8 Å². The number of nitrogens with one attached hydrogen (secondary N) is 2. The van der Waals surface area contributed by atoms with Crippen molar-refractivity contribution in [3.8, 4) is 0 Å². The van der Waals surface area contributed by atoms with Gasteiger partial charge in [0.25, 0.3) is 5.95 Å². The van der Waals surface area contributed by atoms with Gasteiger partial charge in [-0.15, -0.1) is 0 Å². The van der Waals surface area contributed by atoms with Gasteiger partial charge in [0.1, 0.15) is 0 Å². The molecule has 0 unspecified atom stereocenters. The summed E-state index contributed by atoms with van der Waals surface area (Å²) in [5, 5.41) is 23.0. The van der Waals surface area contributed by atoms with E-state index in [1.165, 1.54) is 0 Å². The van der Waals surface area contributed by atoms with Crippen molar-refractivity contribution in [3.63, 3.8) is 0 Å². The fourth-order valence-electron chi connectivity index (χ4n) is 6.90. The lowest BCUT2D eigenvalue weighted by atomic mass is 9.93. The summed E-state index contributed by atoms with van der Waals surface area (Å²) < 4.78 is 225. The second-order valence-electron chi connectivity index (χ2n) is 12.8. The summed E-state index contributed by atoms with van der Waals surface area (Å²) >= 11 is 0. The van der Waals surface area contributed by atoms with Gasteiger partial charge < -0.3 is 20.5 Å². The van der Waals surface area contributed by atoms with Crippen LogP contribution in [-0.2, 0) is 0 Å². The molecule has 4 N–H and O–H groups in total. The van der Waals surface area contributed by atoms with Crippen LogP contribution in [0.3, 0.4) is 0 Å². The first-order valence-corrected chi connectivity index (χ1v) is 16.3. The largest absolute Gasteiger partial charge is 0.481 e. The number of hydrogen-bond acceptors (Lipinski definition) is 5. The highest BCUT2D eigenvalue weighted by molar-refractivity contribution is 6.38. The number of aromatic amines is 1. The molecule has 0 atom stereocenters. The van der Waals surface area contributed by atoms with E-state index in [4.69, 9.17) is 0 Å². The number of H-pyrrole nitrogens is 1. The molecular formula is C38H13F15N4O2. The molecule has 0 radical (unpaired) electrons. The van der Waals surface area contributed by atoms with Crippen LogP contribution in [0, 0.1) is 87.3 Å². The molecule has 4 aliphatic rings. The molecule has 4 aliphatic heterocycles. The van der Waals surface area contributed by atoms with Crippen LogP contribution in [0.1, 0.15) is 40.9 Å². The van der Waals surface area contributed by atoms with Crippen molar-refractivity contribution in [1.82, 2.24) is 10.3 Å². The van der Waals surface area contributed by atoms with Gasteiger partial charge in [-0.1, -0.05) is 0 Å². The van der Waals surface area contributed by atoms with Crippen molar-refractivity contribution < 1.29 is 76.1 Å². The Bertz CT molecular complexity index is 2840. The average molecular weight is 843 g/mol. The fourth-order valence-corrected chi connectivity index (χ4v) is 6.90. The first-order valence-electron chi connectivity index (χ1n) is 16.3. The van der Waals surface area contributed by atoms with Crippen LogP contribution in [0.2, 0.25) is 0 Å². The maximum absolute atomic E-state index is 15.7. The summed E-state index contributed by atoms with van der Waals surface area (Å²) in [5.41, 5.74) is -14.5. The van der Waals surface area contributed by atoms with Crippen molar-refractivity contribution in [2.45, 2.75) is 12.8 Å². The standard InChI is InChI=1S/C38H13F15N4O2/c39-22-19(23(40)29(46)34(51)28(22)45)16-10-2-1-9(54-10)15-7-8(38(58)59)37(57-15)18(21-26(43)32(49)36(53)33(50)27(21)44)14-6-5-13(56-14)17(12-4-3-11(16)55-12)20-24(41)30(47)35(52)31(48)25(20)42/h1-2,5-7,54-55,58-59H,3-4H2. The Kier molecular flexibility index (Phi) is 8.96. The molecule has 21 heteroatoms. The third-order valence-corrected chi connectivity index (χ3v) is 9.54. The summed E-state index contributed by atoms with van der Waals surface area (Å²) in [6.07, 6.45) is 0.982. The first-order chi connectivity index (χ1) is 27.8. The maximum atomic E-state index is 15.7. The molecule has 1 fully saturated rings. The van der Waals surface area contributed by atoms with E-state index < -0.39 is 185 Å². The van der Waals surface area contributed by atoms with Crippen LogP contribution in [-0.4, -0.2) is 26.6 Å². The molecule has 8 bridgehead atoms. The number of hydrogen-bond donors (Lipinski definition) is 4. The Morgan fingerprint density at radius 1 is 0.475 bits per heavy atom. The van der Waals surface area contributed by atoms with Gasteiger partial charge in [-0.3, -0.25) is 0 Å². The predicted molar refractivity (Wildman–Crippen MR) is 176 cm³/mol. The number of halogens is 15. The highest BCUT2D eigenvalue weighted by Gasteiger charge is 2.39. The summed E-state index contributed by atoms with van der Waals surface area (Å²) in [6.45, 7) is 0. The minimum absolute atomic E-state index is 0.325. The smallest absolute Gasteiger partial charge is 0.284 e. The van der Waals surface area contributed by atoms with E-state index in [1.54, 1.807) is 0 Å². The Morgan fingerprint density at radius 2 is 0.881 bits per heavy atom. The van der Waals surface area contributed by atoms with Gasteiger partial charge >= 0.3 is 0 Å². The number of rotatable bonds is 3. The third-order valence-electron chi connectivity index (χ3n) is 9.54. The predicted octanol–water partition coefficient (Wildman–Crippen LogP) is 10.2. The maximum Gasteiger partial charge on any atom is 0.284 e. The van der Waals surface area contributed by atoms with Gasteiger partial charge in [-0.05, 0) is 43.2 Å². The molecular weight excluding hydrogens is 829 g/mol. The van der Waals surface area contributed by atoms with Crippen molar-refractivity contribution >= 4 is 33.8 Å². The highest BCUT2D eigenvalue weighted by atomic mass is 19.2. The summed E-state index contributed by atoms with van der Waals surface area (Å²) in [6, 6.07) is 1.99. The van der Waals surface area contributed by atoms with Crippen LogP contribution in [0.4, 0.5) is 65.9 Å². The molecule has 5 heterocycles. The normalized spacial score (nSPS) is 16.2. The van der Waals surface area contributed by atoms with Crippen LogP contribution in [0.15, 0.2) is 69.0 Å². The molecule has 0 saturated carbocycles. The van der Waals surface area contributed by atoms with Crippen molar-refractivity contribution in [1.29, 1.82) is 0 Å². The van der Waals surface area contributed by atoms with Crippen molar-refractivity contribution in [2.75, 3.05) is 0 Å². The topological polar surface area (TPSA) is 93.0 Å². The fraction of sp³-hybridized carbons (Fsp3) is 0.0526. The zero-order valence-corrected chi connectivity index (χ0v) is 28.3. The van der Waals surface area contributed by atoms with E-state index >= 15 is 26.3 Å². The van der Waals surface area contributed by atoms with Gasteiger partial charge in [0.15, 0.2) is 69.8 Å². The summed E-state index contributed by atoms with van der Waals surface area (Å²) in [5.74, 6) is -39.3. The van der Waals surface area contributed by atoms with E-state index in [9.17, 15) is 49.7 Å². The van der Waals surface area contributed by atoms with E-state index in [2.05, 4.69) is 20.3 Å². The second-order valence-corrected chi connectivity index (χ2v) is 12.8. The van der Waals surface area contributed by atoms with Crippen molar-refractivity contribution in [3.05, 3.63) is 174 Å². The SMILES string of the molecule is OC(O)=C1C=C2N=C1C(c1c(F)c(F)c(F)c(F)c1F)=C1C=CC(=N1)C(c1c(F)c(F)c(F)c(F)c1F)=C1CCC(=C(c3c(F)c(F)c(F)c(F)c3F)c3ccc2[nH]3)N1. The number of allylic oxidation sites excluding steroid dienone is 8. The van der Waals surface area contributed by atoms with Crippen LogP contribution >= 0.6 is 0 Å². The molecule has 3 aromatic carbocycles. The van der Waals surface area contributed by atoms with E-state index in [0.29, 0.717) is 12.2 Å². The van der Waals surface area contributed by atoms with E-state index in [-0.39, 0.29) is 5.69 Å². The first kappa shape index (κ1) is 38.9. The van der Waals surface area contributed by atoms with Gasteiger partial charge in [-0.25, -0.2) is 75.8 Å². The lowest BCUT2D eigenvalue weighted by Gasteiger charge is -2.17. The van der Waals surface area contributed by atoms with Crippen LogP contribution in [0.5, 0.6) is 0 Å². The number of aliphatic imine (C=N–C) groups is 2. The molecule has 0 aliphatic carbocycles. The minimum Gasteiger partial charge on any atom is -0.481 e. The number of aliphatic hydroxyl groups is 2. The third kappa shape index (κ3) is 5.61. The molecule has 0 amide bonds. The minimum atomic E-state index is -2.64. The lowest BCUT2D eigenvalue weighted by Crippen LogP contribution is -2.17. The second kappa shape index (κ2) is 13.6. The molecule has 59 heavy (non-hydrogen) atoms. The average Bonchev–Trinajstić information content (AvgIpc) is 4.05. The Morgan fingerprint density at radius 3 is 1.36 bits per heavy atom. The molecule has 1 aromatic heterocycles. The monoisotopic (exact) mass is 842 g/mol. The Hall–Kier alpha value is -6.93. The number of aliphatic hydroxyl groups excluding tert-OH is 1. The molecule has 1 saturated heterocycles. The number of benzene rings is 3. The van der Waals surface area contributed by atoms with Gasteiger partial charge in [0.05, 0.1) is 50.8 Å². The highest BCUT2D eigenvalue weighted by Crippen LogP contribution is 2.44. The lowest BCUT2D eigenvalue weighted by molar-refractivity contribution is 0.189. The Balaban J connectivity index is 1.55. The van der Waals surface area contributed by atoms with Gasteiger partial charge in [-0.2, -0.15) is 0 Å². The molecule has 302 valence electrons. The van der Waals surface area contributed by atoms with Crippen molar-refractivity contribution in [2.24, 2.45) is 9.98 Å². The zero-order valence-electron chi connectivity index (χ0n) is 28.3. The zero-order chi connectivity index (χ0) is 42.7. The molecule has 0 spiro atoms. The quantitative estimate of drug-likeness (QED) is 0.0717. The van der Waals surface area contributed by atoms with Crippen LogP contribution < -0.4 is 5.32 Å². The van der Waals surface area contributed by atoms with Crippen LogP contribution in [0.25, 0.3) is 22.4 Å². The number of aromatic nitrogens is 1. The van der Waals surface area contributed by atoms with Gasteiger partial charge in [0.2, 0.25) is 17.5 Å². The summed E-state index contributed by atoms with van der Waals surface area (Å²) in [4.78, 5) is 10.6. The molecule has 4 aromatic rings.